The number of benzene rings is 3. The maximum atomic E-state index is 2.32. The molecule has 0 saturated carbocycles. The van der Waals surface area contributed by atoms with E-state index >= 15 is 0 Å². The third-order valence-corrected chi connectivity index (χ3v) is 4.89. The van der Waals surface area contributed by atoms with Crippen LogP contribution in [0.1, 0.15) is 6.92 Å². The van der Waals surface area contributed by atoms with Crippen molar-refractivity contribution in [2.24, 2.45) is 0 Å². The zero-order chi connectivity index (χ0) is 19.2. The van der Waals surface area contributed by atoms with E-state index in [4.69, 9.17) is 0 Å². The Morgan fingerprint density at radius 3 is 2.04 bits per heavy atom. The summed E-state index contributed by atoms with van der Waals surface area (Å²) in [6.45, 7) is 2.88. The van der Waals surface area contributed by atoms with Crippen LogP contribution in [-0.2, 0) is 0 Å². The normalized spacial score (nSPS) is 12.0. The molecule has 0 atom stereocenters. The lowest BCUT2D eigenvalue weighted by Gasteiger charge is -2.23. The van der Waals surface area contributed by atoms with E-state index in [-0.39, 0.29) is 0 Å². The van der Waals surface area contributed by atoms with Gasteiger partial charge in [-0.1, -0.05) is 66.7 Å². The molecule has 0 aliphatic heterocycles. The lowest BCUT2D eigenvalue weighted by atomic mass is 10.2. The molecule has 4 rings (SSSR count). The van der Waals surface area contributed by atoms with E-state index in [1.165, 1.54) is 28.0 Å². The van der Waals surface area contributed by atoms with Crippen molar-refractivity contribution >= 4 is 28.0 Å². The van der Waals surface area contributed by atoms with Gasteiger partial charge in [0.05, 0.1) is 5.52 Å². The molecule has 2 nitrogen and oxygen atoms in total. The molecule has 0 unspecified atom stereocenters. The van der Waals surface area contributed by atoms with E-state index in [0.717, 1.165) is 6.54 Å². The van der Waals surface area contributed by atoms with Crippen molar-refractivity contribution in [3.8, 4) is 0 Å². The average Bonchev–Trinajstić information content (AvgIpc) is 3.19. The Labute approximate surface area is 166 Å². The van der Waals surface area contributed by atoms with E-state index < -0.39 is 0 Å². The molecule has 0 N–H and O–H groups in total. The van der Waals surface area contributed by atoms with Gasteiger partial charge >= 0.3 is 0 Å². The number of hydrogen-bond acceptors (Lipinski definition) is 1. The number of aromatic nitrogens is 1. The third-order valence-electron chi connectivity index (χ3n) is 4.89. The Morgan fingerprint density at radius 1 is 0.786 bits per heavy atom. The van der Waals surface area contributed by atoms with Crippen LogP contribution in [0.15, 0.2) is 115 Å². The Bertz CT molecular complexity index is 1050. The number of para-hydroxylation sites is 3. The van der Waals surface area contributed by atoms with Crippen molar-refractivity contribution in [3.05, 3.63) is 115 Å². The molecule has 0 saturated heterocycles. The predicted octanol–water partition coefficient (Wildman–Crippen LogP) is 6.90. The second-order valence-corrected chi connectivity index (χ2v) is 6.64. The van der Waals surface area contributed by atoms with E-state index in [1.807, 2.05) is 0 Å². The molecule has 0 aliphatic carbocycles. The van der Waals surface area contributed by atoms with E-state index in [1.54, 1.807) is 0 Å². The monoisotopic (exact) mass is 364 g/mol. The van der Waals surface area contributed by atoms with Crippen LogP contribution in [0.3, 0.4) is 0 Å². The summed E-state index contributed by atoms with van der Waals surface area (Å²) in [6.07, 6.45) is 8.71. The number of hydrogen-bond donors (Lipinski definition) is 0. The first-order chi connectivity index (χ1) is 13.9. The van der Waals surface area contributed by atoms with Gasteiger partial charge in [0.2, 0.25) is 0 Å². The van der Waals surface area contributed by atoms with Crippen LogP contribution in [-0.4, -0.2) is 11.1 Å². The highest BCUT2D eigenvalue weighted by Crippen LogP contribution is 2.25. The summed E-state index contributed by atoms with van der Waals surface area (Å²) in [5.41, 5.74) is 4.77. The number of rotatable bonds is 6. The van der Waals surface area contributed by atoms with Crippen molar-refractivity contribution in [2.75, 3.05) is 11.4 Å². The van der Waals surface area contributed by atoms with Crippen LogP contribution in [0.5, 0.6) is 0 Å². The summed E-state index contributed by atoms with van der Waals surface area (Å²) in [6, 6.07) is 31.7. The molecule has 28 heavy (non-hydrogen) atoms. The summed E-state index contributed by atoms with van der Waals surface area (Å²) in [5, 5.41) is 1.26. The van der Waals surface area contributed by atoms with Gasteiger partial charge in [-0.25, -0.2) is 0 Å². The van der Waals surface area contributed by atoms with Gasteiger partial charge in [0.25, 0.3) is 0 Å². The molecule has 0 aliphatic rings. The second kappa shape index (κ2) is 8.45. The fourth-order valence-corrected chi connectivity index (χ4v) is 3.48. The van der Waals surface area contributed by atoms with Gasteiger partial charge in [0.1, 0.15) is 0 Å². The minimum Gasteiger partial charge on any atom is -0.338 e. The molecule has 0 radical (unpaired) electrons. The van der Waals surface area contributed by atoms with Gasteiger partial charge in [0.15, 0.2) is 0 Å². The summed E-state index contributed by atoms with van der Waals surface area (Å²) in [5.74, 6) is 0. The minimum atomic E-state index is 0.796. The Balaban J connectivity index is 1.60. The van der Waals surface area contributed by atoms with Crippen molar-refractivity contribution in [1.29, 1.82) is 0 Å². The molecular weight excluding hydrogens is 340 g/mol. The molecule has 1 aromatic heterocycles. The smallest absolute Gasteiger partial charge is 0.0528 e. The van der Waals surface area contributed by atoms with Gasteiger partial charge in [-0.15, -0.1) is 0 Å². The van der Waals surface area contributed by atoms with Crippen molar-refractivity contribution in [2.45, 2.75) is 6.92 Å². The number of allylic oxidation sites excluding steroid dienone is 3. The van der Waals surface area contributed by atoms with Crippen LogP contribution in [0.4, 0.5) is 11.4 Å². The van der Waals surface area contributed by atoms with Crippen LogP contribution in [0.2, 0.25) is 0 Å². The number of anilines is 2. The van der Waals surface area contributed by atoms with E-state index in [0.29, 0.717) is 0 Å². The van der Waals surface area contributed by atoms with Crippen LogP contribution in [0, 0.1) is 0 Å². The molecule has 4 aromatic rings. The largest absolute Gasteiger partial charge is 0.338 e. The zero-order valence-corrected chi connectivity index (χ0v) is 16.1. The maximum Gasteiger partial charge on any atom is 0.0528 e. The Hall–Kier alpha value is -3.52. The topological polar surface area (TPSA) is 8.17 Å². The SMILES string of the molecule is C/C=C(\C=C/CN(c1ccccc1)c1ccccc1)n1ccc2ccccc21. The Morgan fingerprint density at radius 2 is 1.39 bits per heavy atom. The molecular formula is C26H24N2. The van der Waals surface area contributed by atoms with Gasteiger partial charge < -0.3 is 9.47 Å². The quantitative estimate of drug-likeness (QED) is 0.338. The van der Waals surface area contributed by atoms with Crippen molar-refractivity contribution in [1.82, 2.24) is 4.57 Å². The molecule has 2 heteroatoms. The van der Waals surface area contributed by atoms with Gasteiger partial charge in [-0.05, 0) is 54.8 Å². The highest BCUT2D eigenvalue weighted by atomic mass is 15.1. The van der Waals surface area contributed by atoms with Crippen LogP contribution < -0.4 is 4.90 Å². The summed E-state index contributed by atoms with van der Waals surface area (Å²) >= 11 is 0. The third kappa shape index (κ3) is 3.77. The van der Waals surface area contributed by atoms with Crippen LogP contribution in [0.25, 0.3) is 16.6 Å². The summed E-state index contributed by atoms with van der Waals surface area (Å²) < 4.78 is 2.24. The maximum absolute atomic E-state index is 2.32. The van der Waals surface area contributed by atoms with Gasteiger partial charge in [0, 0.05) is 29.8 Å². The summed E-state index contributed by atoms with van der Waals surface area (Å²) in [4.78, 5) is 2.32. The molecule has 0 amide bonds. The predicted molar refractivity (Wildman–Crippen MR) is 121 cm³/mol. The highest BCUT2D eigenvalue weighted by Gasteiger charge is 2.07. The first-order valence-corrected chi connectivity index (χ1v) is 9.64. The summed E-state index contributed by atoms with van der Waals surface area (Å²) in [7, 11) is 0. The minimum absolute atomic E-state index is 0.796. The lowest BCUT2D eigenvalue weighted by Crippen LogP contribution is -2.16. The number of nitrogens with zero attached hydrogens (tertiary/aromatic N) is 2. The molecule has 0 fully saturated rings. The van der Waals surface area contributed by atoms with E-state index in [9.17, 15) is 0 Å². The second-order valence-electron chi connectivity index (χ2n) is 6.64. The molecule has 1 heterocycles. The zero-order valence-electron chi connectivity index (χ0n) is 16.1. The lowest BCUT2D eigenvalue weighted by molar-refractivity contribution is 1.09. The fourth-order valence-electron chi connectivity index (χ4n) is 3.48. The van der Waals surface area contributed by atoms with Crippen molar-refractivity contribution in [3.63, 3.8) is 0 Å². The van der Waals surface area contributed by atoms with Crippen LogP contribution >= 0.6 is 0 Å². The fraction of sp³-hybridized carbons (Fsp3) is 0.0769. The molecule has 138 valence electrons. The molecule has 0 bridgehead atoms. The average molecular weight is 364 g/mol. The first kappa shape index (κ1) is 17.9. The highest BCUT2D eigenvalue weighted by molar-refractivity contribution is 5.84. The molecule has 3 aromatic carbocycles. The number of fused-ring (bicyclic) bond motifs is 1. The molecule has 0 spiro atoms. The van der Waals surface area contributed by atoms with Crippen molar-refractivity contribution < 1.29 is 0 Å². The van der Waals surface area contributed by atoms with Gasteiger partial charge in [-0.3, -0.25) is 0 Å². The Kier molecular flexibility index (Phi) is 5.39. The first-order valence-electron chi connectivity index (χ1n) is 9.64. The van der Waals surface area contributed by atoms with E-state index in [2.05, 4.69) is 132 Å². The standard InChI is InChI=1S/C26H24N2/c1-2-23(28-21-19-22-12-9-10-18-26(22)28)17-11-20-27(24-13-5-3-6-14-24)25-15-7-4-8-16-25/h2-19,21H,20H2,1H3/b17-11-,23-2+. The van der Waals surface area contributed by atoms with Gasteiger partial charge in [-0.2, -0.15) is 0 Å².